The van der Waals surface area contributed by atoms with E-state index in [2.05, 4.69) is 57.6 Å². The summed E-state index contributed by atoms with van der Waals surface area (Å²) in [6, 6.07) is 11.0. The van der Waals surface area contributed by atoms with Gasteiger partial charge in [0.25, 0.3) is 0 Å². The fraction of sp³-hybridized carbons (Fsp3) is 0.471. The van der Waals surface area contributed by atoms with Crippen LogP contribution in [0, 0.1) is 5.92 Å². The van der Waals surface area contributed by atoms with Gasteiger partial charge in [-0.05, 0) is 48.6 Å². The Kier molecular flexibility index (Phi) is 4.25. The lowest BCUT2D eigenvalue weighted by Gasteiger charge is -2.33. The number of aryl methyl sites for hydroxylation is 1. The summed E-state index contributed by atoms with van der Waals surface area (Å²) in [5.41, 5.74) is 2.86. The summed E-state index contributed by atoms with van der Waals surface area (Å²) in [7, 11) is 1.99. The summed E-state index contributed by atoms with van der Waals surface area (Å²) in [4.78, 5) is 0.641. The maximum atomic E-state index is 4.29. The van der Waals surface area contributed by atoms with E-state index in [1.165, 1.54) is 30.4 Å². The second kappa shape index (κ2) is 6.13. The Morgan fingerprint density at radius 3 is 2.75 bits per heavy atom. The van der Waals surface area contributed by atoms with Crippen LogP contribution in [0.4, 0.5) is 0 Å². The van der Waals surface area contributed by atoms with Gasteiger partial charge in [-0.1, -0.05) is 46.3 Å². The number of halogens is 1. The molecule has 0 saturated heterocycles. The molecule has 0 amide bonds. The van der Waals surface area contributed by atoms with Gasteiger partial charge in [0.05, 0.1) is 6.20 Å². The van der Waals surface area contributed by atoms with E-state index in [1.54, 1.807) is 0 Å². The maximum Gasteiger partial charge on any atom is 0.0521 e. The fourth-order valence-electron chi connectivity index (χ4n) is 3.35. The average molecular weight is 333 g/mol. The van der Waals surface area contributed by atoms with Crippen LogP contribution < -0.4 is 0 Å². The fourth-order valence-corrected chi connectivity index (χ4v) is 4.01. The molecule has 0 N–H and O–H groups in total. The van der Waals surface area contributed by atoms with Crippen molar-refractivity contribution in [2.45, 2.75) is 36.4 Å². The molecule has 1 fully saturated rings. The van der Waals surface area contributed by atoms with Gasteiger partial charge in [-0.3, -0.25) is 4.68 Å². The minimum Gasteiger partial charge on any atom is -0.276 e. The third kappa shape index (κ3) is 3.14. The first-order chi connectivity index (χ1) is 9.72. The molecule has 0 radical (unpaired) electrons. The molecule has 1 aromatic heterocycles. The molecule has 3 rings (SSSR count). The molecular formula is C17H21BrN2. The van der Waals surface area contributed by atoms with Crippen LogP contribution in [0.2, 0.25) is 0 Å². The minimum absolute atomic E-state index is 0.641. The zero-order chi connectivity index (χ0) is 13.9. The van der Waals surface area contributed by atoms with Crippen molar-refractivity contribution in [1.82, 2.24) is 9.78 Å². The van der Waals surface area contributed by atoms with Crippen LogP contribution in [-0.4, -0.2) is 14.6 Å². The van der Waals surface area contributed by atoms with Gasteiger partial charge in [0, 0.05) is 18.1 Å². The van der Waals surface area contributed by atoms with E-state index in [0.29, 0.717) is 16.7 Å². The number of alkyl halides is 1. The summed E-state index contributed by atoms with van der Waals surface area (Å²) < 4.78 is 1.90. The molecule has 1 aliphatic rings. The number of aromatic nitrogens is 2. The van der Waals surface area contributed by atoms with E-state index in [9.17, 15) is 0 Å². The molecule has 0 spiro atoms. The molecule has 3 atom stereocenters. The van der Waals surface area contributed by atoms with Crippen molar-refractivity contribution >= 4 is 15.9 Å². The summed E-state index contributed by atoms with van der Waals surface area (Å²) in [6.45, 7) is 0. The Morgan fingerprint density at radius 1 is 1.25 bits per heavy atom. The highest BCUT2D eigenvalue weighted by atomic mass is 79.9. The normalized spacial score (nSPS) is 26.6. The first-order valence-electron chi connectivity index (χ1n) is 7.39. The first kappa shape index (κ1) is 13.9. The number of benzene rings is 1. The van der Waals surface area contributed by atoms with E-state index in [4.69, 9.17) is 0 Å². The predicted octanol–water partition coefficient (Wildman–Crippen LogP) is 4.31. The maximum absolute atomic E-state index is 4.29. The zero-order valence-corrected chi connectivity index (χ0v) is 13.5. The van der Waals surface area contributed by atoms with Gasteiger partial charge in [-0.15, -0.1) is 0 Å². The van der Waals surface area contributed by atoms with Crippen LogP contribution in [0.25, 0.3) is 0 Å². The molecule has 1 aliphatic carbocycles. The molecule has 1 heterocycles. The SMILES string of the molecule is Cn1cc(CC2CC(c3ccccc3)CCC2Br)cn1. The quantitative estimate of drug-likeness (QED) is 0.766. The van der Waals surface area contributed by atoms with Crippen LogP contribution in [0.15, 0.2) is 42.7 Å². The summed E-state index contributed by atoms with van der Waals surface area (Å²) >= 11 is 3.89. The van der Waals surface area contributed by atoms with Crippen LogP contribution >= 0.6 is 15.9 Å². The lowest BCUT2D eigenvalue weighted by atomic mass is 9.76. The van der Waals surface area contributed by atoms with E-state index in [-0.39, 0.29) is 0 Å². The smallest absolute Gasteiger partial charge is 0.0521 e. The van der Waals surface area contributed by atoms with Gasteiger partial charge in [0.2, 0.25) is 0 Å². The Hall–Kier alpha value is -1.09. The lowest BCUT2D eigenvalue weighted by molar-refractivity contribution is 0.335. The van der Waals surface area contributed by atoms with Crippen molar-refractivity contribution in [3.63, 3.8) is 0 Å². The highest BCUT2D eigenvalue weighted by Crippen LogP contribution is 2.40. The molecule has 3 heteroatoms. The molecule has 1 aromatic carbocycles. The van der Waals surface area contributed by atoms with E-state index < -0.39 is 0 Å². The van der Waals surface area contributed by atoms with Gasteiger partial charge in [0.15, 0.2) is 0 Å². The van der Waals surface area contributed by atoms with Crippen LogP contribution in [0.5, 0.6) is 0 Å². The molecule has 2 aromatic rings. The van der Waals surface area contributed by atoms with Crippen LogP contribution in [0.1, 0.15) is 36.3 Å². The van der Waals surface area contributed by atoms with Crippen molar-refractivity contribution in [1.29, 1.82) is 0 Å². The Labute approximate surface area is 129 Å². The van der Waals surface area contributed by atoms with E-state index >= 15 is 0 Å². The van der Waals surface area contributed by atoms with Crippen molar-refractivity contribution in [3.05, 3.63) is 53.9 Å². The van der Waals surface area contributed by atoms with Crippen LogP contribution in [-0.2, 0) is 13.5 Å². The second-order valence-electron chi connectivity index (χ2n) is 5.92. The van der Waals surface area contributed by atoms with Gasteiger partial charge < -0.3 is 0 Å². The second-order valence-corrected chi connectivity index (χ2v) is 7.10. The summed E-state index contributed by atoms with van der Waals surface area (Å²) in [5.74, 6) is 1.42. The minimum atomic E-state index is 0.641. The van der Waals surface area contributed by atoms with Gasteiger partial charge >= 0.3 is 0 Å². The molecule has 0 aliphatic heterocycles. The Morgan fingerprint density at radius 2 is 2.05 bits per heavy atom. The highest BCUT2D eigenvalue weighted by molar-refractivity contribution is 9.09. The van der Waals surface area contributed by atoms with Crippen molar-refractivity contribution < 1.29 is 0 Å². The molecule has 106 valence electrons. The van der Waals surface area contributed by atoms with Gasteiger partial charge in [0.1, 0.15) is 0 Å². The monoisotopic (exact) mass is 332 g/mol. The molecular weight excluding hydrogens is 312 g/mol. The molecule has 0 bridgehead atoms. The number of hydrogen-bond donors (Lipinski definition) is 0. The molecule has 3 unspecified atom stereocenters. The number of hydrogen-bond acceptors (Lipinski definition) is 1. The number of nitrogens with zero attached hydrogens (tertiary/aromatic N) is 2. The standard InChI is InChI=1S/C17H21BrN2/c1-20-12-13(11-19-20)9-16-10-15(7-8-17(16)18)14-5-3-2-4-6-14/h2-6,11-12,15-17H,7-10H2,1H3. The van der Waals surface area contributed by atoms with E-state index in [1.807, 2.05) is 17.9 Å². The van der Waals surface area contributed by atoms with Crippen LogP contribution in [0.3, 0.4) is 0 Å². The highest BCUT2D eigenvalue weighted by Gasteiger charge is 2.29. The van der Waals surface area contributed by atoms with Gasteiger partial charge in [-0.2, -0.15) is 5.10 Å². The predicted molar refractivity (Wildman–Crippen MR) is 86.2 cm³/mol. The topological polar surface area (TPSA) is 17.8 Å². The van der Waals surface area contributed by atoms with Crippen molar-refractivity contribution in [2.75, 3.05) is 0 Å². The Bertz CT molecular complexity index is 549. The third-order valence-electron chi connectivity index (χ3n) is 4.42. The molecule has 1 saturated carbocycles. The molecule has 2 nitrogen and oxygen atoms in total. The van der Waals surface area contributed by atoms with Crippen molar-refractivity contribution in [3.8, 4) is 0 Å². The van der Waals surface area contributed by atoms with Gasteiger partial charge in [-0.25, -0.2) is 0 Å². The number of rotatable bonds is 3. The van der Waals surface area contributed by atoms with Crippen molar-refractivity contribution in [2.24, 2.45) is 13.0 Å². The van der Waals surface area contributed by atoms with E-state index in [0.717, 1.165) is 6.42 Å². The summed E-state index contributed by atoms with van der Waals surface area (Å²) in [6.07, 6.45) is 9.12. The first-order valence-corrected chi connectivity index (χ1v) is 8.30. The molecule has 20 heavy (non-hydrogen) atoms. The third-order valence-corrected chi connectivity index (χ3v) is 5.62. The Balaban J connectivity index is 1.70. The lowest BCUT2D eigenvalue weighted by Crippen LogP contribution is -2.25. The largest absolute Gasteiger partial charge is 0.276 e. The zero-order valence-electron chi connectivity index (χ0n) is 11.9. The average Bonchev–Trinajstić information content (AvgIpc) is 2.88. The summed E-state index contributed by atoms with van der Waals surface area (Å²) in [5, 5.41) is 4.29.